The molecule has 0 bridgehead atoms. The Morgan fingerprint density at radius 2 is 1.78 bits per heavy atom. The number of carbonyl (C=O) groups is 2. The lowest BCUT2D eigenvalue weighted by Crippen LogP contribution is -2.54. The molecule has 0 spiro atoms. The summed E-state index contributed by atoms with van der Waals surface area (Å²) in [7, 11) is 3.07. The van der Waals surface area contributed by atoms with Crippen LogP contribution in [0, 0.1) is 5.92 Å². The van der Waals surface area contributed by atoms with Crippen LogP contribution in [-0.4, -0.2) is 49.7 Å². The van der Waals surface area contributed by atoms with E-state index in [2.05, 4.69) is 0 Å². The van der Waals surface area contributed by atoms with Gasteiger partial charge in [-0.15, -0.1) is 0 Å². The van der Waals surface area contributed by atoms with E-state index in [1.807, 2.05) is 20.8 Å². The Morgan fingerprint density at radius 3 is 2.30 bits per heavy atom. The molecule has 23 heavy (non-hydrogen) atoms. The molecule has 0 N–H and O–H groups in total. The second-order valence-electron chi connectivity index (χ2n) is 6.51. The van der Waals surface area contributed by atoms with Crippen molar-refractivity contribution in [3.63, 3.8) is 0 Å². The van der Waals surface area contributed by atoms with Gasteiger partial charge in [0.1, 0.15) is 17.1 Å². The monoisotopic (exact) mass is 321 g/mol. The van der Waals surface area contributed by atoms with E-state index in [9.17, 15) is 9.59 Å². The maximum Gasteiger partial charge on any atom is 0.410 e. The SMILES string of the molecule is COc1ccc(C(=O)C2CN(C(=O)OC(C)(C)C)C2)c(OC)c1. The number of methoxy groups -OCH3 is 2. The van der Waals surface area contributed by atoms with Crippen LogP contribution in [0.4, 0.5) is 4.79 Å². The van der Waals surface area contributed by atoms with E-state index in [1.165, 1.54) is 12.0 Å². The van der Waals surface area contributed by atoms with Gasteiger partial charge in [-0.2, -0.15) is 0 Å². The minimum Gasteiger partial charge on any atom is -0.497 e. The largest absolute Gasteiger partial charge is 0.497 e. The summed E-state index contributed by atoms with van der Waals surface area (Å²) in [4.78, 5) is 26.0. The molecular weight excluding hydrogens is 298 g/mol. The molecule has 6 nitrogen and oxygen atoms in total. The Bertz CT molecular complexity index is 599. The average Bonchev–Trinajstić information content (AvgIpc) is 2.42. The van der Waals surface area contributed by atoms with Gasteiger partial charge in [0.15, 0.2) is 5.78 Å². The highest BCUT2D eigenvalue weighted by Gasteiger charge is 2.38. The van der Waals surface area contributed by atoms with E-state index >= 15 is 0 Å². The highest BCUT2D eigenvalue weighted by molar-refractivity contribution is 6.01. The normalized spacial score (nSPS) is 14.9. The zero-order valence-electron chi connectivity index (χ0n) is 14.2. The average molecular weight is 321 g/mol. The number of ether oxygens (including phenoxy) is 3. The predicted octanol–water partition coefficient (Wildman–Crippen LogP) is 2.75. The first-order valence-corrected chi connectivity index (χ1v) is 7.49. The molecule has 1 aliphatic rings. The van der Waals surface area contributed by atoms with Crippen LogP contribution in [0.25, 0.3) is 0 Å². The number of ketones is 1. The Balaban J connectivity index is 2.00. The molecule has 1 saturated heterocycles. The number of hydrogen-bond donors (Lipinski definition) is 0. The van der Waals surface area contributed by atoms with E-state index < -0.39 is 5.60 Å². The van der Waals surface area contributed by atoms with Crippen molar-refractivity contribution in [2.75, 3.05) is 27.3 Å². The molecule has 2 rings (SSSR count). The molecule has 1 heterocycles. The highest BCUT2D eigenvalue weighted by Crippen LogP contribution is 2.30. The topological polar surface area (TPSA) is 65.1 Å². The third-order valence-corrected chi connectivity index (χ3v) is 3.58. The smallest absolute Gasteiger partial charge is 0.410 e. The number of benzene rings is 1. The number of likely N-dealkylation sites (tertiary alicyclic amines) is 1. The molecule has 6 heteroatoms. The van der Waals surface area contributed by atoms with Gasteiger partial charge in [-0.05, 0) is 32.9 Å². The number of nitrogens with zero attached hydrogens (tertiary/aromatic N) is 1. The summed E-state index contributed by atoms with van der Waals surface area (Å²) >= 11 is 0. The Morgan fingerprint density at radius 1 is 1.13 bits per heavy atom. The second kappa shape index (κ2) is 6.48. The van der Waals surface area contributed by atoms with E-state index in [0.717, 1.165) is 0 Å². The van der Waals surface area contributed by atoms with Gasteiger partial charge in [-0.1, -0.05) is 0 Å². The zero-order chi connectivity index (χ0) is 17.2. The van der Waals surface area contributed by atoms with Crippen LogP contribution in [0.1, 0.15) is 31.1 Å². The summed E-state index contributed by atoms with van der Waals surface area (Å²) < 4.78 is 15.7. The van der Waals surface area contributed by atoms with Gasteiger partial charge in [0, 0.05) is 19.2 Å². The van der Waals surface area contributed by atoms with Crippen molar-refractivity contribution in [1.82, 2.24) is 4.90 Å². The van der Waals surface area contributed by atoms with E-state index in [0.29, 0.717) is 30.2 Å². The molecule has 0 unspecified atom stereocenters. The number of hydrogen-bond acceptors (Lipinski definition) is 5. The lowest BCUT2D eigenvalue weighted by molar-refractivity contribution is 0.00146. The molecular formula is C17H23NO5. The van der Waals surface area contributed by atoms with Gasteiger partial charge in [0.2, 0.25) is 0 Å². The summed E-state index contributed by atoms with van der Waals surface area (Å²) in [5.74, 6) is 0.835. The second-order valence-corrected chi connectivity index (χ2v) is 6.51. The minimum absolute atomic E-state index is 0.0377. The molecule has 0 saturated carbocycles. The fraction of sp³-hybridized carbons (Fsp3) is 0.529. The summed E-state index contributed by atoms with van der Waals surface area (Å²) in [6.45, 7) is 6.17. The van der Waals surface area contributed by atoms with Crippen molar-refractivity contribution in [2.45, 2.75) is 26.4 Å². The number of Topliss-reactive ketones (excluding diaryl/α,β-unsaturated/α-hetero) is 1. The summed E-state index contributed by atoms with van der Waals surface area (Å²) in [5.41, 5.74) is -0.0343. The van der Waals surface area contributed by atoms with Gasteiger partial charge in [-0.25, -0.2) is 4.79 Å². The van der Waals surface area contributed by atoms with Crippen LogP contribution in [0.5, 0.6) is 11.5 Å². The minimum atomic E-state index is -0.536. The molecule has 1 aliphatic heterocycles. The van der Waals surface area contributed by atoms with Crippen molar-refractivity contribution < 1.29 is 23.8 Å². The Labute approximate surface area is 136 Å². The van der Waals surface area contributed by atoms with Gasteiger partial charge < -0.3 is 19.1 Å². The highest BCUT2D eigenvalue weighted by atomic mass is 16.6. The van der Waals surface area contributed by atoms with Crippen LogP contribution in [0.15, 0.2) is 18.2 Å². The maximum absolute atomic E-state index is 12.6. The first-order valence-electron chi connectivity index (χ1n) is 7.49. The summed E-state index contributed by atoms with van der Waals surface area (Å²) in [6.07, 6.45) is -0.386. The fourth-order valence-electron chi connectivity index (χ4n) is 2.34. The molecule has 0 radical (unpaired) electrons. The number of rotatable bonds is 4. The van der Waals surface area contributed by atoms with E-state index in [1.54, 1.807) is 25.3 Å². The number of amides is 1. The predicted molar refractivity (Wildman–Crippen MR) is 85.2 cm³/mol. The standard InChI is InChI=1S/C17H23NO5/c1-17(2,3)23-16(20)18-9-11(10-18)15(19)13-7-6-12(21-4)8-14(13)22-5/h6-8,11H,9-10H2,1-5H3. The van der Waals surface area contributed by atoms with E-state index in [4.69, 9.17) is 14.2 Å². The van der Waals surface area contributed by atoms with Crippen LogP contribution >= 0.6 is 0 Å². The molecule has 0 atom stereocenters. The van der Waals surface area contributed by atoms with Gasteiger partial charge in [0.25, 0.3) is 0 Å². The third-order valence-electron chi connectivity index (χ3n) is 3.58. The molecule has 0 aromatic heterocycles. The first-order chi connectivity index (χ1) is 10.7. The Hall–Kier alpha value is -2.24. The van der Waals surface area contributed by atoms with Crippen LogP contribution in [0.3, 0.4) is 0 Å². The molecule has 1 fully saturated rings. The molecule has 0 aliphatic carbocycles. The molecule has 1 aromatic carbocycles. The van der Waals surface area contributed by atoms with Gasteiger partial charge >= 0.3 is 6.09 Å². The summed E-state index contributed by atoms with van der Waals surface area (Å²) in [5, 5.41) is 0. The first kappa shape index (κ1) is 17.1. The Kier molecular flexibility index (Phi) is 4.82. The molecule has 1 amide bonds. The van der Waals surface area contributed by atoms with Crippen molar-refractivity contribution in [3.8, 4) is 11.5 Å². The lowest BCUT2D eigenvalue weighted by Gasteiger charge is -2.39. The van der Waals surface area contributed by atoms with Gasteiger partial charge in [0.05, 0.1) is 25.7 Å². The van der Waals surface area contributed by atoms with Crippen molar-refractivity contribution in [3.05, 3.63) is 23.8 Å². The van der Waals surface area contributed by atoms with E-state index in [-0.39, 0.29) is 17.8 Å². The quantitative estimate of drug-likeness (QED) is 0.798. The molecule has 126 valence electrons. The maximum atomic E-state index is 12.6. The fourth-order valence-corrected chi connectivity index (χ4v) is 2.34. The third kappa shape index (κ3) is 3.94. The van der Waals surface area contributed by atoms with Gasteiger partial charge in [-0.3, -0.25) is 4.79 Å². The lowest BCUT2D eigenvalue weighted by atomic mass is 9.90. The van der Waals surface area contributed by atoms with Crippen LogP contribution < -0.4 is 9.47 Å². The summed E-state index contributed by atoms with van der Waals surface area (Å²) in [6, 6.07) is 5.09. The van der Waals surface area contributed by atoms with Crippen molar-refractivity contribution >= 4 is 11.9 Å². The van der Waals surface area contributed by atoms with Crippen molar-refractivity contribution in [2.24, 2.45) is 5.92 Å². The zero-order valence-corrected chi connectivity index (χ0v) is 14.2. The number of carbonyl (C=O) groups excluding carboxylic acids is 2. The molecule has 1 aromatic rings. The van der Waals surface area contributed by atoms with Crippen LogP contribution in [0.2, 0.25) is 0 Å². The van der Waals surface area contributed by atoms with Crippen LogP contribution in [-0.2, 0) is 4.74 Å². The van der Waals surface area contributed by atoms with Crippen molar-refractivity contribution in [1.29, 1.82) is 0 Å².